The lowest BCUT2D eigenvalue weighted by Crippen LogP contribution is -2.00. The molecule has 0 aromatic heterocycles. The van der Waals surface area contributed by atoms with Crippen molar-refractivity contribution in [3.8, 4) is 11.5 Å². The number of rotatable bonds is 5. The normalized spacial score (nSPS) is 10.8. The first kappa shape index (κ1) is 13.2. The summed E-state index contributed by atoms with van der Waals surface area (Å²) in [7, 11) is 0. The number of phenolic OH excluding ortho intramolecular Hbond substituents is 1. The highest BCUT2D eigenvalue weighted by Crippen LogP contribution is 2.30. The Kier molecular flexibility index (Phi) is 4.48. The summed E-state index contributed by atoms with van der Waals surface area (Å²) in [5.41, 5.74) is 1.21. The summed E-state index contributed by atoms with van der Waals surface area (Å²) in [6, 6.07) is 9.47. The van der Waals surface area contributed by atoms with E-state index >= 15 is 0 Å². The maximum absolute atomic E-state index is 9.50. The predicted molar refractivity (Wildman–Crippen MR) is 78.9 cm³/mol. The van der Waals surface area contributed by atoms with Crippen molar-refractivity contribution < 1.29 is 9.84 Å². The molecule has 96 valence electrons. The molecule has 18 heavy (non-hydrogen) atoms. The maximum atomic E-state index is 9.50. The second-order valence-electron chi connectivity index (χ2n) is 4.19. The van der Waals surface area contributed by atoms with Crippen LogP contribution in [0.2, 0.25) is 0 Å². The van der Waals surface area contributed by atoms with Gasteiger partial charge in [0.05, 0.1) is 6.61 Å². The SMILES string of the molecule is CCc1c(OCCCBr)ccc2cc(O)ccc12. The number of alkyl halides is 1. The lowest BCUT2D eigenvalue weighted by molar-refractivity contribution is 0.316. The van der Waals surface area contributed by atoms with Gasteiger partial charge in [-0.15, -0.1) is 0 Å². The minimum atomic E-state index is 0.303. The zero-order chi connectivity index (χ0) is 13.0. The van der Waals surface area contributed by atoms with E-state index in [4.69, 9.17) is 4.74 Å². The van der Waals surface area contributed by atoms with Crippen molar-refractivity contribution in [1.82, 2.24) is 0 Å². The van der Waals surface area contributed by atoms with Gasteiger partial charge in [0.2, 0.25) is 0 Å². The lowest BCUT2D eigenvalue weighted by atomic mass is 10.0. The fourth-order valence-electron chi connectivity index (χ4n) is 2.10. The van der Waals surface area contributed by atoms with Crippen LogP contribution in [0.15, 0.2) is 30.3 Å². The maximum Gasteiger partial charge on any atom is 0.123 e. The van der Waals surface area contributed by atoms with E-state index in [9.17, 15) is 5.11 Å². The molecule has 0 spiro atoms. The number of ether oxygens (including phenoxy) is 1. The van der Waals surface area contributed by atoms with Crippen LogP contribution in [0.1, 0.15) is 18.9 Å². The van der Waals surface area contributed by atoms with Gasteiger partial charge in [0, 0.05) is 10.9 Å². The number of aryl methyl sites for hydroxylation is 1. The van der Waals surface area contributed by atoms with Crippen LogP contribution in [0.4, 0.5) is 0 Å². The van der Waals surface area contributed by atoms with Crippen LogP contribution in [-0.2, 0) is 6.42 Å². The van der Waals surface area contributed by atoms with Crippen molar-refractivity contribution in [3.63, 3.8) is 0 Å². The first-order chi connectivity index (χ1) is 8.76. The summed E-state index contributed by atoms with van der Waals surface area (Å²) >= 11 is 3.40. The van der Waals surface area contributed by atoms with Crippen molar-refractivity contribution in [3.05, 3.63) is 35.9 Å². The van der Waals surface area contributed by atoms with Gasteiger partial charge in [0.25, 0.3) is 0 Å². The van der Waals surface area contributed by atoms with E-state index in [1.54, 1.807) is 12.1 Å². The number of benzene rings is 2. The van der Waals surface area contributed by atoms with Crippen LogP contribution in [0.25, 0.3) is 10.8 Å². The third-order valence-corrected chi connectivity index (χ3v) is 3.52. The van der Waals surface area contributed by atoms with Gasteiger partial charge in [0.15, 0.2) is 0 Å². The van der Waals surface area contributed by atoms with E-state index < -0.39 is 0 Å². The Morgan fingerprint density at radius 3 is 2.78 bits per heavy atom. The largest absolute Gasteiger partial charge is 0.508 e. The van der Waals surface area contributed by atoms with Gasteiger partial charge in [-0.25, -0.2) is 0 Å². The van der Waals surface area contributed by atoms with Crippen molar-refractivity contribution in [1.29, 1.82) is 0 Å². The third kappa shape index (κ3) is 2.78. The molecule has 0 fully saturated rings. The van der Waals surface area contributed by atoms with Gasteiger partial charge in [0.1, 0.15) is 11.5 Å². The van der Waals surface area contributed by atoms with E-state index in [2.05, 4.69) is 22.9 Å². The zero-order valence-corrected chi connectivity index (χ0v) is 12.0. The highest BCUT2D eigenvalue weighted by Gasteiger charge is 2.07. The Morgan fingerprint density at radius 1 is 1.22 bits per heavy atom. The van der Waals surface area contributed by atoms with E-state index in [0.29, 0.717) is 5.75 Å². The summed E-state index contributed by atoms with van der Waals surface area (Å²) in [5, 5.41) is 12.7. The molecule has 0 aliphatic carbocycles. The third-order valence-electron chi connectivity index (χ3n) is 2.96. The highest BCUT2D eigenvalue weighted by molar-refractivity contribution is 9.09. The van der Waals surface area contributed by atoms with Crippen LogP contribution in [0, 0.1) is 0 Å². The number of phenols is 1. The smallest absolute Gasteiger partial charge is 0.123 e. The Labute approximate surface area is 116 Å². The Bertz CT molecular complexity index is 537. The number of halogens is 1. The summed E-state index contributed by atoms with van der Waals surface area (Å²) < 4.78 is 5.81. The second kappa shape index (κ2) is 6.10. The summed E-state index contributed by atoms with van der Waals surface area (Å²) in [4.78, 5) is 0. The molecule has 0 saturated carbocycles. The number of aromatic hydroxyl groups is 1. The Balaban J connectivity index is 2.39. The molecular formula is C15H17BrO2. The fraction of sp³-hybridized carbons (Fsp3) is 0.333. The molecule has 0 radical (unpaired) electrons. The first-order valence-corrected chi connectivity index (χ1v) is 7.31. The average molecular weight is 309 g/mol. The zero-order valence-electron chi connectivity index (χ0n) is 10.4. The first-order valence-electron chi connectivity index (χ1n) is 6.19. The van der Waals surface area contributed by atoms with E-state index in [0.717, 1.165) is 41.3 Å². The highest BCUT2D eigenvalue weighted by atomic mass is 79.9. The fourth-order valence-corrected chi connectivity index (χ4v) is 2.33. The van der Waals surface area contributed by atoms with Gasteiger partial charge in [-0.1, -0.05) is 35.0 Å². The number of hydrogen-bond acceptors (Lipinski definition) is 2. The van der Waals surface area contributed by atoms with Gasteiger partial charge in [-0.3, -0.25) is 0 Å². The van der Waals surface area contributed by atoms with Gasteiger partial charge in [-0.05, 0) is 41.8 Å². The van der Waals surface area contributed by atoms with Crippen LogP contribution >= 0.6 is 15.9 Å². The van der Waals surface area contributed by atoms with Crippen LogP contribution in [0.3, 0.4) is 0 Å². The molecule has 2 nitrogen and oxygen atoms in total. The molecule has 3 heteroatoms. The molecule has 2 aromatic carbocycles. The van der Waals surface area contributed by atoms with Gasteiger partial charge < -0.3 is 9.84 Å². The molecule has 2 aromatic rings. The van der Waals surface area contributed by atoms with Crippen molar-refractivity contribution in [2.24, 2.45) is 0 Å². The topological polar surface area (TPSA) is 29.5 Å². The van der Waals surface area contributed by atoms with E-state index in [1.165, 1.54) is 5.56 Å². The van der Waals surface area contributed by atoms with Crippen molar-refractivity contribution >= 4 is 26.7 Å². The lowest BCUT2D eigenvalue weighted by Gasteiger charge is -2.13. The minimum absolute atomic E-state index is 0.303. The standard InChI is InChI=1S/C15H17BrO2/c1-2-13-14-6-5-12(17)10-11(14)4-7-15(13)18-9-3-8-16/h4-7,10,17H,2-3,8-9H2,1H3. The summed E-state index contributed by atoms with van der Waals surface area (Å²) in [6.07, 6.45) is 1.92. The predicted octanol–water partition coefficient (Wildman–Crippen LogP) is 4.27. The van der Waals surface area contributed by atoms with E-state index in [-0.39, 0.29) is 0 Å². The molecule has 0 aliphatic rings. The van der Waals surface area contributed by atoms with Crippen LogP contribution < -0.4 is 4.74 Å². The summed E-state index contributed by atoms with van der Waals surface area (Å²) in [6.45, 7) is 2.85. The number of fused-ring (bicyclic) bond motifs is 1. The number of hydrogen-bond donors (Lipinski definition) is 1. The molecule has 0 bridgehead atoms. The summed E-state index contributed by atoms with van der Waals surface area (Å²) in [5.74, 6) is 1.26. The average Bonchev–Trinajstić information content (AvgIpc) is 2.38. The molecule has 1 N–H and O–H groups in total. The molecule has 0 atom stereocenters. The van der Waals surface area contributed by atoms with Crippen LogP contribution in [0.5, 0.6) is 11.5 Å². The molecule has 0 aliphatic heterocycles. The van der Waals surface area contributed by atoms with Crippen molar-refractivity contribution in [2.45, 2.75) is 19.8 Å². The second-order valence-corrected chi connectivity index (χ2v) is 4.99. The molecule has 0 saturated heterocycles. The molecule has 0 unspecified atom stereocenters. The van der Waals surface area contributed by atoms with Gasteiger partial charge >= 0.3 is 0 Å². The minimum Gasteiger partial charge on any atom is -0.508 e. The van der Waals surface area contributed by atoms with Crippen LogP contribution in [-0.4, -0.2) is 17.0 Å². The Morgan fingerprint density at radius 2 is 2.06 bits per heavy atom. The van der Waals surface area contributed by atoms with Gasteiger partial charge in [-0.2, -0.15) is 0 Å². The van der Waals surface area contributed by atoms with E-state index in [1.807, 2.05) is 18.2 Å². The molecular weight excluding hydrogens is 292 g/mol. The quantitative estimate of drug-likeness (QED) is 0.660. The Hall–Kier alpha value is -1.22. The monoisotopic (exact) mass is 308 g/mol. The van der Waals surface area contributed by atoms with Crippen molar-refractivity contribution in [2.75, 3.05) is 11.9 Å². The molecule has 2 rings (SSSR count). The molecule has 0 heterocycles. The molecule has 0 amide bonds.